The van der Waals surface area contributed by atoms with Gasteiger partial charge in [-0.05, 0) is 70.7 Å². The minimum Gasteiger partial charge on any atom is -0.444 e. The highest BCUT2D eigenvalue weighted by molar-refractivity contribution is 5.70. The van der Waals surface area contributed by atoms with Crippen LogP contribution in [0.3, 0.4) is 0 Å². The molecule has 0 saturated carbocycles. The van der Waals surface area contributed by atoms with E-state index in [1.807, 2.05) is 51.5 Å². The van der Waals surface area contributed by atoms with Gasteiger partial charge in [0.15, 0.2) is 0 Å². The maximum atomic E-state index is 12.7. The van der Waals surface area contributed by atoms with Crippen LogP contribution in [0.5, 0.6) is 0 Å². The highest BCUT2D eigenvalue weighted by Crippen LogP contribution is 2.33. The van der Waals surface area contributed by atoms with Gasteiger partial charge in [0.2, 0.25) is 0 Å². The molecular weight excluding hydrogens is 490 g/mol. The Labute approximate surface area is 228 Å². The predicted octanol–water partition coefficient (Wildman–Crippen LogP) is 6.03. The number of benzene rings is 1. The zero-order chi connectivity index (χ0) is 27.0. The molecule has 0 radical (unpaired) electrons. The van der Waals surface area contributed by atoms with Crippen molar-refractivity contribution in [3.63, 3.8) is 0 Å². The smallest absolute Gasteiger partial charge is 0.410 e. The van der Waals surface area contributed by atoms with E-state index in [0.29, 0.717) is 12.6 Å². The Bertz CT molecular complexity index is 1430. The van der Waals surface area contributed by atoms with Crippen LogP contribution in [0, 0.1) is 0 Å². The van der Waals surface area contributed by atoms with E-state index in [1.54, 1.807) is 4.90 Å². The van der Waals surface area contributed by atoms with Crippen LogP contribution in [0.1, 0.15) is 70.2 Å². The van der Waals surface area contributed by atoms with Crippen molar-refractivity contribution >= 4 is 6.09 Å². The third kappa shape index (κ3) is 5.45. The van der Waals surface area contributed by atoms with Gasteiger partial charge in [0.25, 0.3) is 0 Å². The van der Waals surface area contributed by atoms with Crippen LogP contribution in [0.2, 0.25) is 0 Å². The van der Waals surface area contributed by atoms with Crippen LogP contribution in [0.25, 0.3) is 33.8 Å². The summed E-state index contributed by atoms with van der Waals surface area (Å²) in [5.41, 5.74) is 5.37. The summed E-state index contributed by atoms with van der Waals surface area (Å²) >= 11 is 0. The normalized spacial score (nSPS) is 19.5. The molecule has 39 heavy (non-hydrogen) atoms. The molecule has 9 nitrogen and oxygen atoms in total. The summed E-state index contributed by atoms with van der Waals surface area (Å²) in [6.45, 7) is 7.38. The van der Waals surface area contributed by atoms with Gasteiger partial charge in [-0.2, -0.15) is 0 Å². The highest BCUT2D eigenvalue weighted by atomic mass is 16.6. The molecule has 2 fully saturated rings. The molecule has 2 aliphatic heterocycles. The van der Waals surface area contributed by atoms with Crippen molar-refractivity contribution in [1.82, 2.24) is 35.1 Å². The predicted molar refractivity (Wildman–Crippen MR) is 150 cm³/mol. The number of ether oxygens (including phenoxy) is 1. The fraction of sp³-hybridized carbons (Fsp3) is 0.400. The summed E-state index contributed by atoms with van der Waals surface area (Å²) in [5, 5.41) is 3.48. The number of aromatic nitrogens is 5. The van der Waals surface area contributed by atoms with Crippen molar-refractivity contribution < 1.29 is 9.53 Å². The quantitative estimate of drug-likeness (QED) is 0.294. The lowest BCUT2D eigenvalue weighted by molar-refractivity contribution is 0.0218. The number of H-pyrrole nitrogens is 2. The summed E-state index contributed by atoms with van der Waals surface area (Å²) in [6, 6.07) is 12.7. The van der Waals surface area contributed by atoms with E-state index in [2.05, 4.69) is 49.5 Å². The van der Waals surface area contributed by atoms with Crippen molar-refractivity contribution in [3.05, 3.63) is 66.6 Å². The van der Waals surface area contributed by atoms with Gasteiger partial charge in [0.05, 0.1) is 41.6 Å². The molecule has 2 aliphatic rings. The number of likely N-dealkylation sites (tertiary alicyclic amines) is 1. The summed E-state index contributed by atoms with van der Waals surface area (Å²) in [6.07, 6.45) is 9.38. The van der Waals surface area contributed by atoms with Crippen LogP contribution in [-0.4, -0.2) is 54.6 Å². The molecular formula is C30H35N7O2. The van der Waals surface area contributed by atoms with Crippen molar-refractivity contribution in [2.45, 2.75) is 64.1 Å². The molecule has 0 unspecified atom stereocenters. The molecule has 0 aliphatic carbocycles. The molecule has 2 saturated heterocycles. The first kappa shape index (κ1) is 25.3. The van der Waals surface area contributed by atoms with Gasteiger partial charge in [-0.3, -0.25) is 9.88 Å². The molecule has 3 N–H and O–H groups in total. The molecule has 1 aromatic carbocycles. The molecule has 4 aromatic rings. The average Bonchev–Trinajstić information content (AvgIpc) is 3.74. The first-order valence-electron chi connectivity index (χ1n) is 13.7. The molecule has 202 valence electrons. The Morgan fingerprint density at radius 3 is 2.23 bits per heavy atom. The Kier molecular flexibility index (Phi) is 6.68. The largest absolute Gasteiger partial charge is 0.444 e. The number of hydrogen-bond donors (Lipinski definition) is 3. The van der Waals surface area contributed by atoms with Gasteiger partial charge >= 0.3 is 6.09 Å². The minimum absolute atomic E-state index is 0.111. The number of aromatic amines is 2. The molecule has 3 aromatic heterocycles. The Morgan fingerprint density at radius 1 is 0.846 bits per heavy atom. The highest BCUT2D eigenvalue weighted by Gasteiger charge is 2.34. The van der Waals surface area contributed by atoms with Gasteiger partial charge in [0, 0.05) is 23.9 Å². The average molecular weight is 526 g/mol. The number of nitrogens with zero attached hydrogens (tertiary/aromatic N) is 4. The summed E-state index contributed by atoms with van der Waals surface area (Å²) in [5.74, 6) is 1.79. The lowest BCUT2D eigenvalue weighted by atomic mass is 10.1. The lowest BCUT2D eigenvalue weighted by Crippen LogP contribution is -2.36. The summed E-state index contributed by atoms with van der Waals surface area (Å²) in [7, 11) is 0. The van der Waals surface area contributed by atoms with Gasteiger partial charge < -0.3 is 20.0 Å². The standard InChI is InChI=1S/C30H35N7O2/c1-30(2,3)39-29(38)37-15-5-7-26(37)28-34-18-25(36-28)21-12-13-22(32-16-21)19-8-10-20(11-9-19)24-17-33-27(35-24)23-6-4-14-31-23/h8-13,16-18,23,26,31H,4-7,14-15H2,1-3H3,(H,33,35)(H,34,36)/t23-,26-/m0/s1. The van der Waals surface area contributed by atoms with Crippen LogP contribution in [0.15, 0.2) is 55.0 Å². The second kappa shape index (κ2) is 10.3. The number of carbonyl (C=O) groups is 1. The number of imidazole rings is 2. The molecule has 2 atom stereocenters. The van der Waals surface area contributed by atoms with E-state index >= 15 is 0 Å². The summed E-state index contributed by atoms with van der Waals surface area (Å²) < 4.78 is 5.60. The third-order valence-electron chi connectivity index (χ3n) is 7.34. The number of rotatable bonds is 5. The minimum atomic E-state index is -0.526. The molecule has 6 rings (SSSR count). The zero-order valence-electron chi connectivity index (χ0n) is 22.7. The zero-order valence-corrected chi connectivity index (χ0v) is 22.7. The number of amides is 1. The second-order valence-electron chi connectivity index (χ2n) is 11.4. The van der Waals surface area contributed by atoms with Crippen molar-refractivity contribution in [3.8, 4) is 33.8 Å². The lowest BCUT2D eigenvalue weighted by Gasteiger charge is -2.27. The molecule has 0 spiro atoms. The van der Waals surface area contributed by atoms with Crippen LogP contribution in [-0.2, 0) is 4.74 Å². The number of carbonyl (C=O) groups excluding carboxylic acids is 1. The summed E-state index contributed by atoms with van der Waals surface area (Å²) in [4.78, 5) is 35.3. The molecule has 0 bridgehead atoms. The monoisotopic (exact) mass is 525 g/mol. The maximum absolute atomic E-state index is 12.7. The van der Waals surface area contributed by atoms with Crippen molar-refractivity contribution in [2.75, 3.05) is 13.1 Å². The Balaban J connectivity index is 1.13. The van der Waals surface area contributed by atoms with E-state index in [-0.39, 0.29) is 12.1 Å². The Hall–Kier alpha value is -3.98. The topological polar surface area (TPSA) is 112 Å². The number of nitrogens with one attached hydrogen (secondary N) is 3. The first-order valence-corrected chi connectivity index (χ1v) is 13.7. The molecule has 9 heteroatoms. The van der Waals surface area contributed by atoms with Gasteiger partial charge in [-0.1, -0.05) is 24.3 Å². The van der Waals surface area contributed by atoms with Gasteiger partial charge in [-0.15, -0.1) is 0 Å². The van der Waals surface area contributed by atoms with Crippen molar-refractivity contribution in [1.29, 1.82) is 0 Å². The SMILES string of the molecule is CC(C)(C)OC(=O)N1CCC[C@H]1c1ncc(-c2ccc(-c3ccc(-c4cnc([C@@H]5CCCN5)[nH]4)cc3)nc2)[nH]1. The van der Waals surface area contributed by atoms with E-state index in [1.165, 1.54) is 6.42 Å². The first-order chi connectivity index (χ1) is 18.8. The Morgan fingerprint density at radius 2 is 1.54 bits per heavy atom. The third-order valence-corrected chi connectivity index (χ3v) is 7.34. The number of hydrogen-bond acceptors (Lipinski definition) is 6. The van der Waals surface area contributed by atoms with Crippen LogP contribution < -0.4 is 5.32 Å². The molecule has 5 heterocycles. The number of pyridine rings is 1. The van der Waals surface area contributed by atoms with E-state index in [4.69, 9.17) is 9.72 Å². The van der Waals surface area contributed by atoms with E-state index < -0.39 is 5.60 Å². The van der Waals surface area contributed by atoms with Gasteiger partial charge in [-0.25, -0.2) is 14.8 Å². The fourth-order valence-electron chi connectivity index (χ4n) is 5.37. The van der Waals surface area contributed by atoms with Crippen LogP contribution in [0.4, 0.5) is 4.79 Å². The van der Waals surface area contributed by atoms with Crippen molar-refractivity contribution in [2.24, 2.45) is 0 Å². The van der Waals surface area contributed by atoms with Crippen LogP contribution >= 0.6 is 0 Å². The van der Waals surface area contributed by atoms with Gasteiger partial charge in [0.1, 0.15) is 17.2 Å². The van der Waals surface area contributed by atoms with E-state index in [9.17, 15) is 4.79 Å². The fourth-order valence-corrected chi connectivity index (χ4v) is 5.37. The second-order valence-corrected chi connectivity index (χ2v) is 11.4. The van der Waals surface area contributed by atoms with E-state index in [0.717, 1.165) is 71.2 Å². The molecule has 1 amide bonds. The maximum Gasteiger partial charge on any atom is 0.410 e.